The first-order chi connectivity index (χ1) is 12.0. The lowest BCUT2D eigenvalue weighted by atomic mass is 9.91. The summed E-state index contributed by atoms with van der Waals surface area (Å²) < 4.78 is 1.81. The van der Waals surface area contributed by atoms with Crippen molar-refractivity contribution in [1.82, 2.24) is 20.4 Å². The molecule has 1 fully saturated rings. The van der Waals surface area contributed by atoms with Gasteiger partial charge in [0.1, 0.15) is 11.2 Å². The van der Waals surface area contributed by atoms with Gasteiger partial charge < -0.3 is 16.4 Å². The van der Waals surface area contributed by atoms with Crippen molar-refractivity contribution >= 4 is 24.2 Å². The number of aromatic nitrogens is 2. The second-order valence-electron chi connectivity index (χ2n) is 6.49. The van der Waals surface area contributed by atoms with E-state index in [4.69, 9.17) is 5.73 Å². The molecule has 1 saturated heterocycles. The van der Waals surface area contributed by atoms with Gasteiger partial charge in [-0.2, -0.15) is 5.10 Å². The summed E-state index contributed by atoms with van der Waals surface area (Å²) in [6.45, 7) is 3.45. The molecule has 2 aromatic rings. The molecule has 1 aromatic heterocycles. The quantitative estimate of drug-likeness (QED) is 0.732. The van der Waals surface area contributed by atoms with Crippen LogP contribution in [0.4, 0.5) is 0 Å². The fourth-order valence-electron chi connectivity index (χ4n) is 3.06. The number of halogens is 1. The minimum atomic E-state index is -1.30. The Bertz CT molecular complexity index is 758. The molecule has 1 aromatic carbocycles. The molecule has 0 spiro atoms. The molecule has 2 unspecified atom stereocenters. The molecule has 7 nitrogen and oxygen atoms in total. The zero-order chi connectivity index (χ0) is 17.9. The topological polar surface area (TPSA) is 102 Å². The van der Waals surface area contributed by atoms with E-state index < -0.39 is 17.4 Å². The van der Waals surface area contributed by atoms with Crippen LogP contribution in [-0.4, -0.2) is 34.7 Å². The van der Waals surface area contributed by atoms with Crippen molar-refractivity contribution in [3.63, 3.8) is 0 Å². The normalized spacial score (nSPS) is 19.0. The molecule has 0 aliphatic carbocycles. The van der Waals surface area contributed by atoms with Gasteiger partial charge in [-0.25, -0.2) is 0 Å². The first kappa shape index (κ1) is 19.9. The summed E-state index contributed by atoms with van der Waals surface area (Å²) in [6.07, 6.45) is 3.91. The largest absolute Gasteiger partial charge is 0.367 e. The minimum absolute atomic E-state index is 0. The van der Waals surface area contributed by atoms with E-state index in [1.807, 2.05) is 10.7 Å². The van der Waals surface area contributed by atoms with Crippen LogP contribution < -0.4 is 16.4 Å². The summed E-state index contributed by atoms with van der Waals surface area (Å²) in [5, 5.41) is 10.4. The van der Waals surface area contributed by atoms with Gasteiger partial charge in [0.15, 0.2) is 0 Å². The number of nitrogens with one attached hydrogen (secondary N) is 2. The van der Waals surface area contributed by atoms with Crippen molar-refractivity contribution < 1.29 is 9.59 Å². The summed E-state index contributed by atoms with van der Waals surface area (Å²) in [7, 11) is 0. The van der Waals surface area contributed by atoms with E-state index in [-0.39, 0.29) is 24.1 Å². The lowest BCUT2D eigenvalue weighted by molar-refractivity contribution is -0.123. The molecule has 26 heavy (non-hydrogen) atoms. The van der Waals surface area contributed by atoms with Crippen LogP contribution in [0.3, 0.4) is 0 Å². The SMILES string of the molecule is CC(NC(=O)c1ccn(C2CCCNC2)n1)(C(N)=O)c1ccccc1.Cl. The van der Waals surface area contributed by atoms with E-state index in [2.05, 4.69) is 15.7 Å². The molecule has 0 radical (unpaired) electrons. The summed E-state index contributed by atoms with van der Waals surface area (Å²) in [5.74, 6) is -1.05. The molecule has 2 amide bonds. The van der Waals surface area contributed by atoms with Crippen LogP contribution >= 0.6 is 12.4 Å². The number of nitrogens with zero attached hydrogens (tertiary/aromatic N) is 2. The van der Waals surface area contributed by atoms with E-state index in [1.54, 1.807) is 43.5 Å². The van der Waals surface area contributed by atoms with Gasteiger partial charge in [0.25, 0.3) is 5.91 Å². The Morgan fingerprint density at radius 2 is 2.04 bits per heavy atom. The second kappa shape index (κ2) is 8.33. The average molecular weight is 378 g/mol. The van der Waals surface area contributed by atoms with Gasteiger partial charge in [-0.1, -0.05) is 30.3 Å². The molecule has 0 saturated carbocycles. The van der Waals surface area contributed by atoms with E-state index in [9.17, 15) is 9.59 Å². The zero-order valence-corrected chi connectivity index (χ0v) is 15.5. The summed E-state index contributed by atoms with van der Waals surface area (Å²) in [4.78, 5) is 24.6. The first-order valence-electron chi connectivity index (χ1n) is 8.44. The minimum Gasteiger partial charge on any atom is -0.367 e. The van der Waals surface area contributed by atoms with Gasteiger partial charge >= 0.3 is 0 Å². The number of rotatable bonds is 5. The number of amides is 2. The van der Waals surface area contributed by atoms with Crippen LogP contribution in [0.25, 0.3) is 0 Å². The van der Waals surface area contributed by atoms with Crippen LogP contribution in [0.15, 0.2) is 42.6 Å². The van der Waals surface area contributed by atoms with Crippen molar-refractivity contribution in [2.24, 2.45) is 5.73 Å². The molecule has 0 bridgehead atoms. The Morgan fingerprint density at radius 3 is 2.65 bits per heavy atom. The van der Waals surface area contributed by atoms with Gasteiger partial charge in [0, 0.05) is 12.7 Å². The predicted molar refractivity (Wildman–Crippen MR) is 101 cm³/mol. The maximum atomic E-state index is 12.6. The molecule has 1 aliphatic heterocycles. The third-order valence-electron chi connectivity index (χ3n) is 4.69. The Balaban J connectivity index is 0.00000243. The van der Waals surface area contributed by atoms with Gasteiger partial charge in [-0.3, -0.25) is 14.3 Å². The fourth-order valence-corrected chi connectivity index (χ4v) is 3.06. The highest BCUT2D eigenvalue weighted by atomic mass is 35.5. The summed E-state index contributed by atoms with van der Waals surface area (Å²) >= 11 is 0. The molecule has 2 heterocycles. The molecule has 4 N–H and O–H groups in total. The van der Waals surface area contributed by atoms with Gasteiger partial charge in [0.05, 0.1) is 6.04 Å². The summed E-state index contributed by atoms with van der Waals surface area (Å²) in [6, 6.07) is 10.9. The van der Waals surface area contributed by atoms with E-state index in [1.165, 1.54) is 0 Å². The highest BCUT2D eigenvalue weighted by Gasteiger charge is 2.35. The van der Waals surface area contributed by atoms with Gasteiger partial charge in [-0.15, -0.1) is 12.4 Å². The van der Waals surface area contributed by atoms with Gasteiger partial charge in [-0.05, 0) is 37.9 Å². The smallest absolute Gasteiger partial charge is 0.272 e. The Kier molecular flexibility index (Phi) is 6.39. The third kappa shape index (κ3) is 4.05. The molecule has 140 valence electrons. The van der Waals surface area contributed by atoms with Crippen LogP contribution in [0.5, 0.6) is 0 Å². The molecular weight excluding hydrogens is 354 g/mol. The molecular formula is C18H24ClN5O2. The number of carbonyl (C=O) groups excluding carboxylic acids is 2. The van der Waals surface area contributed by atoms with Crippen LogP contribution in [0.2, 0.25) is 0 Å². The summed E-state index contributed by atoms with van der Waals surface area (Å²) in [5.41, 5.74) is 5.17. The third-order valence-corrected chi connectivity index (χ3v) is 4.69. The van der Waals surface area contributed by atoms with Crippen molar-refractivity contribution in [1.29, 1.82) is 0 Å². The van der Waals surface area contributed by atoms with Crippen molar-refractivity contribution in [2.45, 2.75) is 31.3 Å². The molecule has 2 atom stereocenters. The Morgan fingerprint density at radius 1 is 1.31 bits per heavy atom. The maximum Gasteiger partial charge on any atom is 0.272 e. The van der Waals surface area contributed by atoms with Crippen LogP contribution in [-0.2, 0) is 10.3 Å². The molecule has 3 rings (SSSR count). The lowest BCUT2D eigenvalue weighted by Gasteiger charge is -2.27. The van der Waals surface area contributed by atoms with Crippen molar-refractivity contribution in [3.05, 3.63) is 53.9 Å². The number of hydrogen-bond donors (Lipinski definition) is 3. The highest BCUT2D eigenvalue weighted by molar-refractivity contribution is 5.97. The number of carbonyl (C=O) groups is 2. The van der Waals surface area contributed by atoms with Crippen LogP contribution in [0, 0.1) is 0 Å². The number of primary amides is 1. The lowest BCUT2D eigenvalue weighted by Crippen LogP contribution is -2.52. The van der Waals surface area contributed by atoms with Gasteiger partial charge in [0.2, 0.25) is 5.91 Å². The van der Waals surface area contributed by atoms with Crippen molar-refractivity contribution in [2.75, 3.05) is 13.1 Å². The number of benzene rings is 1. The first-order valence-corrected chi connectivity index (χ1v) is 8.44. The zero-order valence-electron chi connectivity index (χ0n) is 14.6. The number of hydrogen-bond acceptors (Lipinski definition) is 4. The highest BCUT2D eigenvalue weighted by Crippen LogP contribution is 2.21. The van der Waals surface area contributed by atoms with Crippen LogP contribution in [0.1, 0.15) is 41.9 Å². The van der Waals surface area contributed by atoms with Crippen molar-refractivity contribution in [3.8, 4) is 0 Å². The van der Waals surface area contributed by atoms with E-state index in [0.717, 1.165) is 25.9 Å². The standard InChI is InChI=1S/C18H23N5O2.ClH/c1-18(17(19)25,13-6-3-2-4-7-13)21-16(24)15-9-11-23(22-15)14-8-5-10-20-12-14;/h2-4,6-7,9,11,14,20H,5,8,10,12H2,1H3,(H2,19,25)(H,21,24);1H. The second-order valence-corrected chi connectivity index (χ2v) is 6.49. The molecule has 1 aliphatic rings. The maximum absolute atomic E-state index is 12.6. The fraction of sp³-hybridized carbons (Fsp3) is 0.389. The monoisotopic (exact) mass is 377 g/mol. The van der Waals surface area contributed by atoms with E-state index in [0.29, 0.717) is 5.56 Å². The average Bonchev–Trinajstić information content (AvgIpc) is 3.13. The molecule has 8 heteroatoms. The number of nitrogens with two attached hydrogens (primary N) is 1. The Labute approximate surface area is 158 Å². The number of piperidine rings is 1. The Hall–Kier alpha value is -2.38. The predicted octanol–water partition coefficient (Wildman–Crippen LogP) is 1.36. The van der Waals surface area contributed by atoms with E-state index >= 15 is 0 Å².